The molecule has 26 heavy (non-hydrogen) atoms. The van der Waals surface area contributed by atoms with Crippen LogP contribution in [0.5, 0.6) is 0 Å². The smallest absolute Gasteiger partial charge is 0.311 e. The highest BCUT2D eigenvalue weighted by Gasteiger charge is 2.62. The minimum Gasteiger partial charge on any atom is -0.469 e. The third-order valence-electron chi connectivity index (χ3n) is 7.18. The number of ether oxygens (including phenoxy) is 2. The predicted molar refractivity (Wildman–Crippen MR) is 98.8 cm³/mol. The maximum atomic E-state index is 12.5. The molecule has 3 heterocycles. The van der Waals surface area contributed by atoms with E-state index in [4.69, 9.17) is 9.47 Å². The number of benzene rings is 1. The molecule has 1 unspecified atom stereocenters. The van der Waals surface area contributed by atoms with E-state index in [-0.39, 0.29) is 41.3 Å². The summed E-state index contributed by atoms with van der Waals surface area (Å²) < 4.78 is 11.2. The third-order valence-corrected chi connectivity index (χ3v) is 7.18. The Kier molecular flexibility index (Phi) is 3.42. The first-order valence-electron chi connectivity index (χ1n) is 9.57. The topological polar surface area (TPSA) is 50.8 Å². The number of carbonyl (C=O) groups excluding carboxylic acids is 1. The van der Waals surface area contributed by atoms with Crippen LogP contribution in [-0.2, 0) is 19.7 Å². The summed E-state index contributed by atoms with van der Waals surface area (Å²) in [6, 6.07) is 8.93. The molecule has 1 aliphatic carbocycles. The van der Waals surface area contributed by atoms with Gasteiger partial charge in [-0.1, -0.05) is 24.3 Å². The fourth-order valence-electron chi connectivity index (χ4n) is 6.00. The second-order valence-corrected chi connectivity index (χ2v) is 8.19. The van der Waals surface area contributed by atoms with Crippen molar-refractivity contribution in [3.05, 3.63) is 41.6 Å². The highest BCUT2D eigenvalue weighted by atomic mass is 16.5. The van der Waals surface area contributed by atoms with Gasteiger partial charge in [0.15, 0.2) is 0 Å². The lowest BCUT2D eigenvalue weighted by Gasteiger charge is -2.50. The average Bonchev–Trinajstić information content (AvgIpc) is 3.17. The Morgan fingerprint density at radius 3 is 3.00 bits per heavy atom. The molecular formula is C21H26N2O3. The molecule has 138 valence electrons. The molecule has 1 spiro atoms. The Hall–Kier alpha value is -2.01. The van der Waals surface area contributed by atoms with Crippen LogP contribution >= 0.6 is 0 Å². The molecule has 0 aromatic heterocycles. The molecule has 1 aromatic carbocycles. The lowest BCUT2D eigenvalue weighted by Crippen LogP contribution is -2.57. The lowest BCUT2D eigenvalue weighted by molar-refractivity contribution is -0.163. The first-order chi connectivity index (χ1) is 12.6. The number of rotatable bonds is 1. The van der Waals surface area contributed by atoms with E-state index in [1.807, 2.05) is 6.92 Å². The number of hydrogen-bond donors (Lipinski definition) is 1. The number of allylic oxidation sites excluding steroid dienone is 1. The Morgan fingerprint density at radius 1 is 1.38 bits per heavy atom. The SMILES string of the molecule is COC(=O)[C@@H]1[C@@H]2C=C3N(C)CCC34c3ccccc3N[C@H]4[C@@H]2CO[C@@H]1C. The Balaban J connectivity index is 1.67. The summed E-state index contributed by atoms with van der Waals surface area (Å²) in [5.74, 6) is -0.00360. The Morgan fingerprint density at radius 2 is 2.19 bits per heavy atom. The second-order valence-electron chi connectivity index (χ2n) is 8.19. The summed E-state index contributed by atoms with van der Waals surface area (Å²) in [5.41, 5.74) is 3.99. The molecular weight excluding hydrogens is 328 g/mol. The zero-order valence-corrected chi connectivity index (χ0v) is 15.6. The van der Waals surface area contributed by atoms with Gasteiger partial charge in [-0.05, 0) is 25.0 Å². The molecule has 2 fully saturated rings. The van der Waals surface area contributed by atoms with Crippen LogP contribution in [0.1, 0.15) is 18.9 Å². The quantitative estimate of drug-likeness (QED) is 0.785. The summed E-state index contributed by atoms with van der Waals surface area (Å²) >= 11 is 0. The average molecular weight is 354 g/mol. The largest absolute Gasteiger partial charge is 0.469 e. The summed E-state index contributed by atoms with van der Waals surface area (Å²) in [6.45, 7) is 3.71. The highest BCUT2D eigenvalue weighted by Crippen LogP contribution is 2.59. The van der Waals surface area contributed by atoms with Crippen molar-refractivity contribution in [2.75, 3.05) is 32.6 Å². The predicted octanol–water partition coefficient (Wildman–Crippen LogP) is 2.39. The minimum atomic E-state index is -0.247. The standard InChI is InChI=1S/C21H26N2O3/c1-12-18(20(24)25-3)13-10-17-21(8-9-23(17)2)15-6-4-5-7-16(15)22-19(21)14(13)11-26-12/h4-7,10,12-14,18-19,22H,8-9,11H2,1-3H3/t12-,13-,14-,18+,19+,21?/m1/s1. The number of esters is 1. The molecule has 1 N–H and O–H groups in total. The van der Waals surface area contributed by atoms with Gasteiger partial charge in [0.2, 0.25) is 0 Å². The first-order valence-corrected chi connectivity index (χ1v) is 9.57. The van der Waals surface area contributed by atoms with Crippen molar-refractivity contribution in [1.29, 1.82) is 0 Å². The number of hydrogen-bond acceptors (Lipinski definition) is 5. The molecule has 5 heteroatoms. The van der Waals surface area contributed by atoms with Crippen LogP contribution in [0.2, 0.25) is 0 Å². The number of likely N-dealkylation sites (tertiary alicyclic amines) is 1. The second kappa shape index (κ2) is 5.49. The molecule has 0 saturated carbocycles. The van der Waals surface area contributed by atoms with Gasteiger partial charge in [0.1, 0.15) is 0 Å². The normalized spacial score (nSPS) is 39.9. The fourth-order valence-corrected chi connectivity index (χ4v) is 6.00. The number of fused-ring (bicyclic) bond motifs is 3. The van der Waals surface area contributed by atoms with Gasteiger partial charge in [0, 0.05) is 42.9 Å². The number of para-hydroxylation sites is 1. The van der Waals surface area contributed by atoms with Crippen LogP contribution in [0.25, 0.3) is 0 Å². The molecule has 4 aliphatic rings. The van der Waals surface area contributed by atoms with Crippen molar-refractivity contribution < 1.29 is 14.3 Å². The van der Waals surface area contributed by atoms with Crippen LogP contribution in [0, 0.1) is 17.8 Å². The maximum Gasteiger partial charge on any atom is 0.311 e. The van der Waals surface area contributed by atoms with E-state index < -0.39 is 0 Å². The van der Waals surface area contributed by atoms with Gasteiger partial charge in [0.25, 0.3) is 0 Å². The van der Waals surface area contributed by atoms with Gasteiger partial charge >= 0.3 is 5.97 Å². The van der Waals surface area contributed by atoms with Crippen LogP contribution in [0.15, 0.2) is 36.0 Å². The van der Waals surface area contributed by atoms with Crippen LogP contribution in [-0.4, -0.2) is 50.3 Å². The summed E-state index contributed by atoms with van der Waals surface area (Å²) in [6.07, 6.45) is 3.35. The summed E-state index contributed by atoms with van der Waals surface area (Å²) in [7, 11) is 3.65. The number of likely N-dealkylation sites (N-methyl/N-ethyl adjacent to an activating group) is 1. The van der Waals surface area contributed by atoms with E-state index in [1.54, 1.807) is 0 Å². The molecule has 5 rings (SSSR count). The van der Waals surface area contributed by atoms with Crippen molar-refractivity contribution in [2.24, 2.45) is 17.8 Å². The van der Waals surface area contributed by atoms with Crippen molar-refractivity contribution >= 4 is 11.7 Å². The number of methoxy groups -OCH3 is 1. The summed E-state index contributed by atoms with van der Waals surface area (Å²) in [4.78, 5) is 14.9. The van der Waals surface area contributed by atoms with Gasteiger partial charge in [0.05, 0.1) is 31.2 Å². The van der Waals surface area contributed by atoms with Crippen LogP contribution < -0.4 is 5.32 Å². The molecule has 0 bridgehead atoms. The van der Waals surface area contributed by atoms with Crippen molar-refractivity contribution in [1.82, 2.24) is 4.90 Å². The van der Waals surface area contributed by atoms with Crippen molar-refractivity contribution in [3.8, 4) is 0 Å². The monoisotopic (exact) mass is 354 g/mol. The molecule has 2 saturated heterocycles. The van der Waals surface area contributed by atoms with Gasteiger partial charge in [-0.2, -0.15) is 0 Å². The zero-order chi connectivity index (χ0) is 18.1. The third kappa shape index (κ3) is 1.87. The molecule has 0 radical (unpaired) electrons. The van der Waals surface area contributed by atoms with Crippen LogP contribution in [0.3, 0.4) is 0 Å². The van der Waals surface area contributed by atoms with Gasteiger partial charge in [-0.25, -0.2) is 0 Å². The van der Waals surface area contributed by atoms with Gasteiger partial charge in [-0.15, -0.1) is 0 Å². The molecule has 1 aromatic rings. The molecule has 3 aliphatic heterocycles. The molecule has 0 amide bonds. The molecule has 6 atom stereocenters. The minimum absolute atomic E-state index is 0.00286. The van der Waals surface area contributed by atoms with E-state index in [0.717, 1.165) is 13.0 Å². The van der Waals surface area contributed by atoms with Gasteiger partial charge < -0.3 is 19.7 Å². The Labute approximate surface area is 154 Å². The number of nitrogens with one attached hydrogen (secondary N) is 1. The van der Waals surface area contributed by atoms with Gasteiger partial charge in [-0.3, -0.25) is 4.79 Å². The first kappa shape index (κ1) is 16.2. The zero-order valence-electron chi connectivity index (χ0n) is 15.6. The van der Waals surface area contributed by atoms with E-state index in [0.29, 0.717) is 6.61 Å². The number of carbonyl (C=O) groups is 1. The summed E-state index contributed by atoms with van der Waals surface area (Å²) in [5, 5.41) is 3.81. The van der Waals surface area contributed by atoms with E-state index in [1.165, 1.54) is 24.1 Å². The Bertz CT molecular complexity index is 791. The number of nitrogens with zero attached hydrogens (tertiary/aromatic N) is 1. The lowest BCUT2D eigenvalue weighted by atomic mass is 9.59. The maximum absolute atomic E-state index is 12.5. The molecule has 5 nitrogen and oxygen atoms in total. The van der Waals surface area contributed by atoms with Crippen molar-refractivity contribution in [3.63, 3.8) is 0 Å². The fraction of sp³-hybridized carbons (Fsp3) is 0.571. The van der Waals surface area contributed by atoms with E-state index in [2.05, 4.69) is 47.6 Å². The van der Waals surface area contributed by atoms with E-state index in [9.17, 15) is 4.79 Å². The van der Waals surface area contributed by atoms with Crippen LogP contribution in [0.4, 0.5) is 5.69 Å². The van der Waals surface area contributed by atoms with E-state index >= 15 is 0 Å². The van der Waals surface area contributed by atoms with Crippen molar-refractivity contribution in [2.45, 2.75) is 30.9 Å². The highest BCUT2D eigenvalue weighted by molar-refractivity contribution is 5.75. The number of anilines is 1.